The van der Waals surface area contributed by atoms with Crippen molar-refractivity contribution in [3.8, 4) is 11.5 Å². The summed E-state index contributed by atoms with van der Waals surface area (Å²) in [6, 6.07) is 11.5. The average molecular weight is 1610 g/mol. The highest BCUT2D eigenvalue weighted by molar-refractivity contribution is 6.31. The fourth-order valence-corrected chi connectivity index (χ4v) is 13.2. The molecular formula is C76H112Cl2N16O18+2. The first kappa shape index (κ1) is 94.2. The molecule has 0 unspecified atom stereocenters. The number of halogens is 2. The van der Waals surface area contributed by atoms with Crippen molar-refractivity contribution in [3.05, 3.63) is 87.0 Å². The zero-order valence-electron chi connectivity index (χ0n) is 64.9. The van der Waals surface area contributed by atoms with E-state index in [1.54, 1.807) is 19.1 Å². The van der Waals surface area contributed by atoms with Crippen molar-refractivity contribution in [3.63, 3.8) is 0 Å². The Bertz CT molecular complexity index is 3900. The minimum absolute atomic E-state index is 0.00289. The van der Waals surface area contributed by atoms with Crippen LogP contribution in [-0.4, -0.2) is 224 Å². The Balaban J connectivity index is 1.27. The lowest BCUT2D eigenvalue weighted by atomic mass is 9.90. The molecule has 7 atom stereocenters. The molecule has 0 aliphatic rings. The van der Waals surface area contributed by atoms with Gasteiger partial charge in [0.2, 0.25) is 17.7 Å². The molecule has 18 N–H and O–H groups in total. The van der Waals surface area contributed by atoms with Gasteiger partial charge in [-0.3, -0.25) is 62.5 Å². The summed E-state index contributed by atoms with van der Waals surface area (Å²) in [6.45, 7) is 7.53. The first-order valence-corrected chi connectivity index (χ1v) is 38.2. The van der Waals surface area contributed by atoms with Crippen molar-refractivity contribution in [2.75, 3.05) is 91.3 Å². The summed E-state index contributed by atoms with van der Waals surface area (Å²) in [4.78, 5) is 177. The van der Waals surface area contributed by atoms with Gasteiger partial charge in [0.1, 0.15) is 35.6 Å². The maximum atomic E-state index is 14.1. The van der Waals surface area contributed by atoms with Crippen LogP contribution >= 0.6 is 23.2 Å². The number of aromatic nitrogens is 4. The molecule has 0 bridgehead atoms. The fourth-order valence-electron chi connectivity index (χ4n) is 12.9. The van der Waals surface area contributed by atoms with Gasteiger partial charge in [-0.05, 0) is 87.3 Å². The van der Waals surface area contributed by atoms with E-state index in [1.807, 2.05) is 36.4 Å². The maximum Gasteiger partial charge on any atom is 0.306 e. The van der Waals surface area contributed by atoms with Gasteiger partial charge < -0.3 is 88.8 Å². The number of anilines is 3. The number of carbonyl (C=O) groups excluding carboxylic acids is 8. The van der Waals surface area contributed by atoms with Crippen LogP contribution in [0.5, 0.6) is 11.5 Å². The molecule has 0 spiro atoms. The zero-order valence-corrected chi connectivity index (χ0v) is 66.5. The standard InChI is InChI=1S/C76H110Cl2N16O18/c1-8-14-51(93(4,5)35-12-19-58(96)65-69(79)92-71(81)68(78)90-65)26-20-47-23-29-54(30-24-47)111-36-13-18-53(95)38-49(75(109)110)25-31-61(99)88-56(42-63(102)103)59(97)39-48(17-10-32-85-76(82)83)73(107)89-57(43-64(104)105)60(98)40-50(41-62(100)101)72(106)84-33-37-112-55-27-21-46(22-28-55)16-11-34-94(6,7)52(15-9-2)44-86-74(108)66-70(80)87-45(3)67(77)91-66/h21-24,27-30,48-52,56-57H,8-20,25-26,31-44H2,1-7H3,(H16-2,79,80,81,82,83,84,85,86,87,88,89,92,96,99,100,101,102,103,104,105,106,107,108,109,110)/p+2/t48-,49-,50+,51+,52+,56+,57+/m1/s1. The number of nitrogens with one attached hydrogen (secondary N) is 4. The monoisotopic (exact) mass is 1610 g/mol. The smallest absolute Gasteiger partial charge is 0.306 e. The largest absolute Gasteiger partial charge is 0.494 e. The Kier molecular flexibility index (Phi) is 39.7. The van der Waals surface area contributed by atoms with Gasteiger partial charge in [-0.15, -0.1) is 0 Å². The number of aliphatic carboxylic acids is 4. The van der Waals surface area contributed by atoms with Crippen molar-refractivity contribution < 1.29 is 96.4 Å². The van der Waals surface area contributed by atoms with Crippen LogP contribution in [0, 0.1) is 24.7 Å². The van der Waals surface area contributed by atoms with Crippen LogP contribution in [0.3, 0.4) is 0 Å². The molecule has 2 aromatic heterocycles. The molecule has 0 radical (unpaired) electrons. The lowest BCUT2D eigenvalue weighted by molar-refractivity contribution is -0.916. The van der Waals surface area contributed by atoms with E-state index in [1.165, 1.54) is 0 Å². The molecule has 0 saturated heterocycles. The van der Waals surface area contributed by atoms with Crippen LogP contribution in [0.4, 0.5) is 17.5 Å². The van der Waals surface area contributed by atoms with Gasteiger partial charge in [0.15, 0.2) is 56.8 Å². The third kappa shape index (κ3) is 33.8. The molecule has 4 rings (SSSR count). The first-order valence-electron chi connectivity index (χ1n) is 37.5. The predicted octanol–water partition coefficient (Wildman–Crippen LogP) is 5.47. The highest BCUT2D eigenvalue weighted by Crippen LogP contribution is 2.27. The number of Topliss-reactive ketones (excluding diaryl/α,β-unsaturated/α-hetero) is 4. The number of ether oxygens (including phenoxy) is 2. The Morgan fingerprint density at radius 1 is 0.527 bits per heavy atom. The molecule has 0 fully saturated rings. The number of amides is 4. The number of carbonyl (C=O) groups is 12. The Hall–Kier alpha value is -10.2. The number of quaternary nitrogens is 2. The molecule has 0 aliphatic carbocycles. The van der Waals surface area contributed by atoms with E-state index in [0.717, 1.165) is 75.6 Å². The number of carboxylic acids is 4. The van der Waals surface area contributed by atoms with Crippen LogP contribution in [0.25, 0.3) is 0 Å². The second-order valence-corrected chi connectivity index (χ2v) is 29.8. The summed E-state index contributed by atoms with van der Waals surface area (Å²) in [6.07, 6.45) is 1.63. The summed E-state index contributed by atoms with van der Waals surface area (Å²) < 4.78 is 13.0. The van der Waals surface area contributed by atoms with Crippen LogP contribution in [0.1, 0.15) is 180 Å². The van der Waals surface area contributed by atoms with Crippen LogP contribution in [0.15, 0.2) is 53.5 Å². The topological polar surface area (TPSA) is 546 Å². The number of rotatable bonds is 56. The molecule has 2 heterocycles. The number of aryl methyl sites for hydroxylation is 3. The van der Waals surface area contributed by atoms with Crippen LogP contribution < -0.4 is 59.4 Å². The molecule has 34 nitrogen and oxygen atoms in total. The number of nitrogen functional groups attached to an aromatic ring is 3. The molecule has 112 heavy (non-hydrogen) atoms. The van der Waals surface area contributed by atoms with Crippen molar-refractivity contribution >= 4 is 117 Å². The van der Waals surface area contributed by atoms with Crippen molar-refractivity contribution in [2.45, 2.75) is 186 Å². The number of likely N-dealkylation sites (N-methyl/N-ethyl adjacent to an activating group) is 1. The third-order valence-electron chi connectivity index (χ3n) is 19.4. The predicted molar refractivity (Wildman–Crippen MR) is 419 cm³/mol. The number of guanidine groups is 1. The van der Waals surface area contributed by atoms with E-state index in [9.17, 15) is 78.0 Å². The van der Waals surface area contributed by atoms with E-state index < -0.39 is 146 Å². The van der Waals surface area contributed by atoms with Crippen molar-refractivity contribution in [1.29, 1.82) is 0 Å². The first-order chi connectivity index (χ1) is 52.8. The van der Waals surface area contributed by atoms with E-state index in [-0.39, 0.29) is 115 Å². The highest BCUT2D eigenvalue weighted by atomic mass is 35.5. The molecule has 616 valence electrons. The van der Waals surface area contributed by atoms with Gasteiger partial charge in [0.05, 0.1) is 116 Å². The molecule has 0 saturated carbocycles. The van der Waals surface area contributed by atoms with Gasteiger partial charge in [0.25, 0.3) is 5.91 Å². The fraction of sp³-hybridized carbons (Fsp3) is 0.566. The highest BCUT2D eigenvalue weighted by Gasteiger charge is 2.36. The second kappa shape index (κ2) is 47.2. The van der Waals surface area contributed by atoms with E-state index >= 15 is 0 Å². The minimum Gasteiger partial charge on any atom is -0.494 e. The number of benzene rings is 2. The quantitative estimate of drug-likeness (QED) is 0.00856. The summed E-state index contributed by atoms with van der Waals surface area (Å²) in [5.41, 5.74) is 31.0. The van der Waals surface area contributed by atoms with Crippen LogP contribution in [-0.2, 0) is 60.8 Å². The van der Waals surface area contributed by atoms with Gasteiger partial charge in [-0.25, -0.2) is 19.9 Å². The Labute approximate surface area is 662 Å². The third-order valence-corrected chi connectivity index (χ3v) is 20.1. The number of nitrogens with zero attached hydrogens (tertiary/aromatic N) is 7. The average Bonchev–Trinajstić information content (AvgIpc) is 0.842. The van der Waals surface area contributed by atoms with Crippen molar-refractivity contribution in [1.82, 2.24) is 41.2 Å². The number of hydrogen-bond donors (Lipinski definition) is 13. The number of carboxylic acid groups (broad SMARTS) is 4. The van der Waals surface area contributed by atoms with Gasteiger partial charge in [-0.1, -0.05) is 74.2 Å². The lowest BCUT2D eigenvalue weighted by Crippen LogP contribution is -2.54. The Morgan fingerprint density at radius 2 is 1.07 bits per heavy atom. The molecule has 0 aliphatic heterocycles. The van der Waals surface area contributed by atoms with Crippen LogP contribution in [0.2, 0.25) is 10.3 Å². The van der Waals surface area contributed by atoms with E-state index in [4.69, 9.17) is 61.3 Å². The van der Waals surface area contributed by atoms with E-state index in [2.05, 4.69) is 88.2 Å². The molecular weight excluding hydrogens is 1500 g/mol. The summed E-state index contributed by atoms with van der Waals surface area (Å²) in [5, 5.41) is 49.7. The molecule has 4 aromatic rings. The Morgan fingerprint density at radius 3 is 1.66 bits per heavy atom. The second-order valence-electron chi connectivity index (χ2n) is 29.1. The normalized spacial score (nSPS) is 13.3. The molecule has 4 amide bonds. The van der Waals surface area contributed by atoms with E-state index in [0.29, 0.717) is 45.2 Å². The van der Waals surface area contributed by atoms with Gasteiger partial charge in [-0.2, -0.15) is 0 Å². The summed E-state index contributed by atoms with van der Waals surface area (Å²) in [5.74, 6) is -15.9. The van der Waals surface area contributed by atoms with Gasteiger partial charge in [0, 0.05) is 76.7 Å². The maximum absolute atomic E-state index is 14.1. The SMILES string of the molecule is CCC[C@@H](CCc1ccc(OCCCC(=O)C[C@@H](CCC(=O)N[C@@H](CC(=O)O)C(=O)C[C@@H](CCCN=C(N)N)C(=O)N[C@@H](CC(=O)O)C(=O)C[C@@H](CC(=O)O)C(=O)NCCOc2ccc(CCC[N+](C)(C)[C@@H](CCC)CNC(=O)c3nc(Cl)c(C)nc3N)cc2)C(=O)O)cc1)[N+](C)(C)CCCC(=O)c1nc(Cl)c(N)nc1N. The van der Waals surface area contributed by atoms with Crippen molar-refractivity contribution in [2.24, 2.45) is 34.2 Å². The summed E-state index contributed by atoms with van der Waals surface area (Å²) in [7, 11) is 8.50. The minimum atomic E-state index is -1.88. The molecule has 2 aromatic carbocycles. The summed E-state index contributed by atoms with van der Waals surface area (Å²) >= 11 is 12.1. The number of nitrogens with two attached hydrogens (primary N) is 5. The molecule has 36 heteroatoms. The number of hydrogen-bond acceptors (Lipinski definition) is 22. The number of ketones is 4. The number of aliphatic imine (C=N–C) groups is 1. The van der Waals surface area contributed by atoms with Gasteiger partial charge >= 0.3 is 23.9 Å². The zero-order chi connectivity index (χ0) is 83.4. The lowest BCUT2D eigenvalue weighted by Gasteiger charge is -2.38.